The van der Waals surface area contributed by atoms with E-state index in [0.29, 0.717) is 12.6 Å². The minimum atomic E-state index is -0.621. The van der Waals surface area contributed by atoms with E-state index in [1.165, 1.54) is 7.11 Å². The summed E-state index contributed by atoms with van der Waals surface area (Å²) in [5.74, 6) is -0.195. The Hall–Kier alpha value is -1.96. The van der Waals surface area contributed by atoms with E-state index < -0.39 is 4.92 Å². The van der Waals surface area contributed by atoms with Gasteiger partial charge in [0.15, 0.2) is 0 Å². The van der Waals surface area contributed by atoms with Crippen molar-refractivity contribution in [2.75, 3.05) is 20.3 Å². The molecule has 0 radical (unpaired) electrons. The van der Waals surface area contributed by atoms with Crippen LogP contribution in [-0.2, 0) is 0 Å². The number of hydrogen-bond donors (Lipinski definition) is 1. The first kappa shape index (κ1) is 14.1. The molecule has 0 bridgehead atoms. The standard InChI is InChI=1S/C10H16N4O4/c1-7(2)11-4-5-18-10-8(14(15)16)9(17-3)12-6-13-10/h6-7,11H,4-5H2,1-3H3. The molecule has 8 heteroatoms. The molecular formula is C10H16N4O4. The third-order valence-corrected chi connectivity index (χ3v) is 2.02. The summed E-state index contributed by atoms with van der Waals surface area (Å²) in [6.45, 7) is 4.84. The van der Waals surface area contributed by atoms with Crippen LogP contribution in [0.2, 0.25) is 0 Å². The zero-order valence-corrected chi connectivity index (χ0v) is 10.5. The van der Waals surface area contributed by atoms with Gasteiger partial charge in [0.2, 0.25) is 0 Å². The Labute approximate surface area is 104 Å². The normalized spacial score (nSPS) is 10.4. The van der Waals surface area contributed by atoms with E-state index in [1.54, 1.807) is 0 Å². The smallest absolute Gasteiger partial charge is 0.392 e. The Morgan fingerprint density at radius 2 is 2.11 bits per heavy atom. The SMILES string of the molecule is COc1ncnc(OCCNC(C)C)c1[N+](=O)[O-]. The molecule has 1 N–H and O–H groups in total. The maximum atomic E-state index is 10.9. The molecule has 1 rings (SSSR count). The summed E-state index contributed by atoms with van der Waals surface area (Å²) in [6, 6.07) is 0.323. The Balaban J connectivity index is 2.72. The summed E-state index contributed by atoms with van der Waals surface area (Å²) < 4.78 is 10.1. The first-order valence-electron chi connectivity index (χ1n) is 5.45. The average Bonchev–Trinajstić information content (AvgIpc) is 2.33. The first-order valence-corrected chi connectivity index (χ1v) is 5.45. The maximum absolute atomic E-state index is 10.9. The van der Waals surface area contributed by atoms with Gasteiger partial charge < -0.3 is 14.8 Å². The number of ether oxygens (including phenoxy) is 2. The number of rotatable bonds is 7. The molecule has 1 aromatic rings. The highest BCUT2D eigenvalue weighted by Crippen LogP contribution is 2.31. The summed E-state index contributed by atoms with van der Waals surface area (Å²) in [5, 5.41) is 14.0. The van der Waals surface area contributed by atoms with Gasteiger partial charge in [-0.2, -0.15) is 9.97 Å². The predicted molar refractivity (Wildman–Crippen MR) is 63.9 cm³/mol. The van der Waals surface area contributed by atoms with Crippen LogP contribution < -0.4 is 14.8 Å². The zero-order valence-electron chi connectivity index (χ0n) is 10.5. The lowest BCUT2D eigenvalue weighted by Crippen LogP contribution is -2.27. The Morgan fingerprint density at radius 1 is 1.44 bits per heavy atom. The summed E-state index contributed by atoms with van der Waals surface area (Å²) in [5.41, 5.74) is -0.357. The van der Waals surface area contributed by atoms with Crippen LogP contribution >= 0.6 is 0 Å². The summed E-state index contributed by atoms with van der Waals surface area (Å²) in [6.07, 6.45) is 1.16. The van der Waals surface area contributed by atoms with Crippen LogP contribution in [-0.4, -0.2) is 41.2 Å². The van der Waals surface area contributed by atoms with Gasteiger partial charge in [0.1, 0.15) is 12.9 Å². The number of aromatic nitrogens is 2. The van der Waals surface area contributed by atoms with E-state index >= 15 is 0 Å². The molecule has 0 atom stereocenters. The minimum absolute atomic E-state index is 0.0857. The van der Waals surface area contributed by atoms with Crippen molar-refractivity contribution >= 4 is 5.69 Å². The van der Waals surface area contributed by atoms with Gasteiger partial charge in [0.05, 0.1) is 12.0 Å². The lowest BCUT2D eigenvalue weighted by atomic mass is 10.4. The van der Waals surface area contributed by atoms with Crippen molar-refractivity contribution in [2.24, 2.45) is 0 Å². The molecule has 0 aliphatic carbocycles. The van der Waals surface area contributed by atoms with Gasteiger partial charge in [-0.15, -0.1) is 0 Å². The molecule has 0 fully saturated rings. The Bertz CT molecular complexity index is 411. The fourth-order valence-electron chi connectivity index (χ4n) is 1.25. The number of nitrogens with zero attached hydrogens (tertiary/aromatic N) is 3. The van der Waals surface area contributed by atoms with Crippen molar-refractivity contribution in [1.29, 1.82) is 0 Å². The van der Waals surface area contributed by atoms with Gasteiger partial charge in [-0.3, -0.25) is 10.1 Å². The molecule has 0 aromatic carbocycles. The second-order valence-corrected chi connectivity index (χ2v) is 3.75. The fourth-order valence-corrected chi connectivity index (χ4v) is 1.25. The van der Waals surface area contributed by atoms with E-state index in [1.807, 2.05) is 13.8 Å². The molecule has 0 unspecified atom stereocenters. The van der Waals surface area contributed by atoms with Crippen molar-refractivity contribution in [3.05, 3.63) is 16.4 Å². The third kappa shape index (κ3) is 3.81. The Morgan fingerprint density at radius 3 is 2.67 bits per heavy atom. The van der Waals surface area contributed by atoms with Crippen molar-refractivity contribution in [3.63, 3.8) is 0 Å². The average molecular weight is 256 g/mol. The molecule has 0 saturated carbocycles. The number of nitro groups is 1. The number of methoxy groups -OCH3 is 1. The summed E-state index contributed by atoms with van der Waals surface area (Å²) >= 11 is 0. The maximum Gasteiger partial charge on any atom is 0.392 e. The van der Waals surface area contributed by atoms with Gasteiger partial charge in [-0.25, -0.2) is 0 Å². The molecule has 0 saturated heterocycles. The third-order valence-electron chi connectivity index (χ3n) is 2.02. The lowest BCUT2D eigenvalue weighted by Gasteiger charge is -2.09. The van der Waals surface area contributed by atoms with Crippen LogP contribution in [0.5, 0.6) is 11.8 Å². The summed E-state index contributed by atoms with van der Waals surface area (Å²) in [7, 11) is 1.30. The molecule has 0 aliphatic rings. The largest absolute Gasteiger partial charge is 0.476 e. The van der Waals surface area contributed by atoms with Gasteiger partial charge in [0.25, 0.3) is 0 Å². The van der Waals surface area contributed by atoms with Crippen molar-refractivity contribution in [2.45, 2.75) is 19.9 Å². The minimum Gasteiger partial charge on any atom is -0.476 e. The molecule has 18 heavy (non-hydrogen) atoms. The van der Waals surface area contributed by atoms with Crippen molar-refractivity contribution in [1.82, 2.24) is 15.3 Å². The van der Waals surface area contributed by atoms with E-state index in [0.717, 1.165) is 6.33 Å². The van der Waals surface area contributed by atoms with Crippen LogP contribution in [0.15, 0.2) is 6.33 Å². The molecule has 0 amide bonds. The quantitative estimate of drug-likeness (QED) is 0.437. The van der Waals surface area contributed by atoms with Crippen molar-refractivity contribution in [3.8, 4) is 11.8 Å². The highest BCUT2D eigenvalue weighted by atomic mass is 16.6. The topological polar surface area (TPSA) is 99.4 Å². The van der Waals surface area contributed by atoms with Crippen LogP contribution in [0.4, 0.5) is 5.69 Å². The highest BCUT2D eigenvalue weighted by molar-refractivity contribution is 5.48. The van der Waals surface area contributed by atoms with Gasteiger partial charge >= 0.3 is 17.4 Å². The predicted octanol–water partition coefficient (Wildman–Crippen LogP) is 0.770. The Kier molecular flexibility index (Phi) is 5.25. The molecule has 0 spiro atoms. The molecule has 1 heterocycles. The second kappa shape index (κ2) is 6.70. The first-order chi connectivity index (χ1) is 8.56. The summed E-state index contributed by atoms with van der Waals surface area (Å²) in [4.78, 5) is 17.7. The second-order valence-electron chi connectivity index (χ2n) is 3.75. The fraction of sp³-hybridized carbons (Fsp3) is 0.600. The van der Waals surface area contributed by atoms with Crippen LogP contribution in [0.1, 0.15) is 13.8 Å². The van der Waals surface area contributed by atoms with Gasteiger partial charge in [-0.05, 0) is 0 Å². The van der Waals surface area contributed by atoms with E-state index in [2.05, 4.69) is 15.3 Å². The molecule has 100 valence electrons. The van der Waals surface area contributed by atoms with Crippen LogP contribution in [0, 0.1) is 10.1 Å². The van der Waals surface area contributed by atoms with Crippen molar-refractivity contribution < 1.29 is 14.4 Å². The monoisotopic (exact) mass is 256 g/mol. The van der Waals surface area contributed by atoms with Gasteiger partial charge in [0, 0.05) is 12.6 Å². The van der Waals surface area contributed by atoms with Gasteiger partial charge in [-0.1, -0.05) is 13.8 Å². The molecule has 8 nitrogen and oxygen atoms in total. The molecule has 1 aromatic heterocycles. The number of hydrogen-bond acceptors (Lipinski definition) is 7. The zero-order chi connectivity index (χ0) is 13.5. The number of nitrogens with one attached hydrogen (secondary N) is 1. The van der Waals surface area contributed by atoms with Crippen LogP contribution in [0.25, 0.3) is 0 Å². The van der Waals surface area contributed by atoms with E-state index in [-0.39, 0.29) is 24.1 Å². The van der Waals surface area contributed by atoms with E-state index in [9.17, 15) is 10.1 Å². The highest BCUT2D eigenvalue weighted by Gasteiger charge is 2.25. The lowest BCUT2D eigenvalue weighted by molar-refractivity contribution is -0.387. The molecular weight excluding hydrogens is 240 g/mol. The molecule has 0 aliphatic heterocycles. The van der Waals surface area contributed by atoms with Crippen LogP contribution in [0.3, 0.4) is 0 Å². The van der Waals surface area contributed by atoms with E-state index in [4.69, 9.17) is 9.47 Å².